The van der Waals surface area contributed by atoms with E-state index in [-0.39, 0.29) is 6.03 Å². The minimum Gasteiger partial charge on any atom is -0.444 e. The van der Waals surface area contributed by atoms with Gasteiger partial charge in [-0.15, -0.1) is 0 Å². The minimum atomic E-state index is -0.523. The Hall–Kier alpha value is -2.24. The molecular weight excluding hydrogens is 294 g/mol. The molecule has 0 aromatic heterocycles. The number of carbonyl (C=O) groups is 2. The largest absolute Gasteiger partial charge is 0.444 e. The molecule has 0 heterocycles. The van der Waals surface area contributed by atoms with Gasteiger partial charge in [0.15, 0.2) is 0 Å². The third kappa shape index (κ3) is 9.39. The van der Waals surface area contributed by atoms with Gasteiger partial charge in [0.1, 0.15) is 5.60 Å². The van der Waals surface area contributed by atoms with Crippen LogP contribution in [0.2, 0.25) is 0 Å². The van der Waals surface area contributed by atoms with Crippen molar-refractivity contribution in [1.82, 2.24) is 16.0 Å². The topological polar surface area (TPSA) is 79.5 Å². The third-order valence-electron chi connectivity index (χ3n) is 2.86. The maximum atomic E-state index is 11.6. The molecule has 0 bridgehead atoms. The number of nitrogens with one attached hydrogen (secondary N) is 3. The fourth-order valence-electron chi connectivity index (χ4n) is 1.91. The highest BCUT2D eigenvalue weighted by Gasteiger charge is 2.15. The second-order valence-electron chi connectivity index (χ2n) is 6.35. The molecule has 0 saturated carbocycles. The summed E-state index contributed by atoms with van der Waals surface area (Å²) in [6.45, 7) is 8.66. The molecule has 0 aliphatic carbocycles. The Morgan fingerprint density at radius 3 is 2.35 bits per heavy atom. The van der Waals surface area contributed by atoms with E-state index in [1.54, 1.807) is 20.8 Å². The molecule has 0 atom stereocenters. The molecule has 0 aliphatic rings. The summed E-state index contributed by atoms with van der Waals surface area (Å²) in [6, 6.07) is 7.94. The summed E-state index contributed by atoms with van der Waals surface area (Å²) in [5.41, 5.74) is 1.88. The summed E-state index contributed by atoms with van der Waals surface area (Å²) in [6.07, 6.45) is 0.296. The molecule has 3 N–H and O–H groups in total. The van der Waals surface area contributed by atoms with Crippen LogP contribution in [-0.2, 0) is 11.2 Å². The highest BCUT2D eigenvalue weighted by atomic mass is 16.6. The average Bonchev–Trinajstić information content (AvgIpc) is 2.42. The molecule has 0 radical (unpaired) electrons. The Morgan fingerprint density at radius 2 is 1.70 bits per heavy atom. The highest BCUT2D eigenvalue weighted by molar-refractivity contribution is 5.74. The lowest BCUT2D eigenvalue weighted by molar-refractivity contribution is 0.0528. The Bertz CT molecular complexity index is 524. The summed E-state index contributed by atoms with van der Waals surface area (Å²) < 4.78 is 5.09. The zero-order valence-corrected chi connectivity index (χ0v) is 14.4. The number of hydrogen-bond acceptors (Lipinski definition) is 3. The molecule has 0 spiro atoms. The monoisotopic (exact) mass is 321 g/mol. The first kappa shape index (κ1) is 18.8. The zero-order valence-electron chi connectivity index (χ0n) is 14.4. The van der Waals surface area contributed by atoms with Crippen molar-refractivity contribution in [3.63, 3.8) is 0 Å². The van der Waals surface area contributed by atoms with Gasteiger partial charge in [-0.05, 0) is 39.7 Å². The number of alkyl carbamates (subject to hydrolysis) is 1. The van der Waals surface area contributed by atoms with Gasteiger partial charge >= 0.3 is 12.1 Å². The molecule has 6 nitrogen and oxygen atoms in total. The first-order valence-electron chi connectivity index (χ1n) is 7.80. The predicted molar refractivity (Wildman–Crippen MR) is 90.5 cm³/mol. The maximum Gasteiger partial charge on any atom is 0.407 e. The van der Waals surface area contributed by atoms with Crippen molar-refractivity contribution < 1.29 is 14.3 Å². The zero-order chi connectivity index (χ0) is 17.3. The van der Waals surface area contributed by atoms with Crippen molar-refractivity contribution in [3.05, 3.63) is 35.4 Å². The van der Waals surface area contributed by atoms with E-state index in [9.17, 15) is 9.59 Å². The van der Waals surface area contributed by atoms with Crippen LogP contribution in [0, 0.1) is 6.92 Å². The van der Waals surface area contributed by atoms with Gasteiger partial charge in [0.25, 0.3) is 0 Å². The number of ether oxygens (including phenoxy) is 1. The summed E-state index contributed by atoms with van der Waals surface area (Å²) in [7, 11) is 0. The molecule has 1 rings (SSSR count). The van der Waals surface area contributed by atoms with Crippen molar-refractivity contribution in [3.8, 4) is 0 Å². The molecule has 0 saturated heterocycles. The second-order valence-corrected chi connectivity index (χ2v) is 6.35. The van der Waals surface area contributed by atoms with Gasteiger partial charge in [0.05, 0.1) is 0 Å². The summed E-state index contributed by atoms with van der Waals surface area (Å²) >= 11 is 0. The van der Waals surface area contributed by atoms with Gasteiger partial charge in [-0.2, -0.15) is 0 Å². The fraction of sp³-hybridized carbons (Fsp3) is 0.529. The van der Waals surface area contributed by atoms with E-state index in [0.717, 1.165) is 6.42 Å². The van der Waals surface area contributed by atoms with Crippen LogP contribution in [-0.4, -0.2) is 37.4 Å². The van der Waals surface area contributed by atoms with Crippen LogP contribution in [0.4, 0.5) is 9.59 Å². The minimum absolute atomic E-state index is 0.247. The lowest BCUT2D eigenvalue weighted by Crippen LogP contribution is -2.41. The van der Waals surface area contributed by atoms with Crippen LogP contribution in [0.1, 0.15) is 31.9 Å². The van der Waals surface area contributed by atoms with E-state index in [1.165, 1.54) is 11.1 Å². The first-order valence-corrected chi connectivity index (χ1v) is 7.80. The fourth-order valence-corrected chi connectivity index (χ4v) is 1.91. The van der Waals surface area contributed by atoms with E-state index >= 15 is 0 Å². The van der Waals surface area contributed by atoms with Crippen molar-refractivity contribution >= 4 is 12.1 Å². The smallest absolute Gasteiger partial charge is 0.407 e. The molecule has 0 aliphatic heterocycles. The number of amides is 3. The summed E-state index contributed by atoms with van der Waals surface area (Å²) in [4.78, 5) is 23.0. The Balaban J connectivity index is 2.10. The molecule has 0 fully saturated rings. The third-order valence-corrected chi connectivity index (χ3v) is 2.86. The maximum absolute atomic E-state index is 11.6. The van der Waals surface area contributed by atoms with Crippen molar-refractivity contribution in [1.29, 1.82) is 0 Å². The summed E-state index contributed by atoms with van der Waals surface area (Å²) in [5.74, 6) is 0. The van der Waals surface area contributed by atoms with Gasteiger partial charge < -0.3 is 20.7 Å². The number of benzene rings is 1. The van der Waals surface area contributed by atoms with E-state index < -0.39 is 11.7 Å². The molecule has 1 aromatic rings. The SMILES string of the molecule is Cc1cccc(CCNC(=O)NCCNC(=O)OC(C)(C)C)c1. The van der Waals surface area contributed by atoms with Crippen LogP contribution in [0.15, 0.2) is 24.3 Å². The van der Waals surface area contributed by atoms with E-state index in [2.05, 4.69) is 22.0 Å². The van der Waals surface area contributed by atoms with Gasteiger partial charge in [-0.1, -0.05) is 29.8 Å². The van der Waals surface area contributed by atoms with Crippen molar-refractivity contribution in [2.24, 2.45) is 0 Å². The number of rotatable bonds is 6. The molecular formula is C17H27N3O3. The molecule has 6 heteroatoms. The number of hydrogen-bond donors (Lipinski definition) is 3. The Morgan fingerprint density at radius 1 is 1.04 bits per heavy atom. The Kier molecular flexibility index (Phi) is 7.38. The molecule has 1 aromatic carbocycles. The normalized spacial score (nSPS) is 10.8. The van der Waals surface area contributed by atoms with E-state index in [4.69, 9.17) is 4.74 Å². The summed E-state index contributed by atoms with van der Waals surface area (Å²) in [5, 5.41) is 8.04. The van der Waals surface area contributed by atoms with Crippen LogP contribution in [0.5, 0.6) is 0 Å². The van der Waals surface area contributed by atoms with Gasteiger partial charge in [0, 0.05) is 19.6 Å². The van der Waals surface area contributed by atoms with Gasteiger partial charge in [-0.25, -0.2) is 9.59 Å². The molecule has 128 valence electrons. The standard InChI is InChI=1S/C17H27N3O3/c1-13-6-5-7-14(12-13)8-9-18-15(21)19-10-11-20-16(22)23-17(2,3)4/h5-7,12H,8-11H2,1-4H3,(H,20,22)(H2,18,19,21). The van der Waals surface area contributed by atoms with E-state index in [1.807, 2.05) is 25.1 Å². The number of urea groups is 1. The number of carbonyl (C=O) groups excluding carboxylic acids is 2. The van der Waals surface area contributed by atoms with Gasteiger partial charge in [0.2, 0.25) is 0 Å². The van der Waals surface area contributed by atoms with Crippen LogP contribution < -0.4 is 16.0 Å². The molecule has 23 heavy (non-hydrogen) atoms. The Labute approximate surface area is 138 Å². The quantitative estimate of drug-likeness (QED) is 0.704. The van der Waals surface area contributed by atoms with Crippen molar-refractivity contribution in [2.75, 3.05) is 19.6 Å². The van der Waals surface area contributed by atoms with Crippen LogP contribution >= 0.6 is 0 Å². The van der Waals surface area contributed by atoms with Crippen molar-refractivity contribution in [2.45, 2.75) is 39.7 Å². The van der Waals surface area contributed by atoms with Crippen LogP contribution in [0.25, 0.3) is 0 Å². The number of aryl methyl sites for hydroxylation is 1. The molecule has 3 amide bonds. The lowest BCUT2D eigenvalue weighted by atomic mass is 10.1. The second kappa shape index (κ2) is 9.02. The predicted octanol–water partition coefficient (Wildman–Crippen LogP) is 2.36. The van der Waals surface area contributed by atoms with Crippen LogP contribution in [0.3, 0.4) is 0 Å². The van der Waals surface area contributed by atoms with E-state index in [0.29, 0.717) is 19.6 Å². The highest BCUT2D eigenvalue weighted by Crippen LogP contribution is 2.06. The van der Waals surface area contributed by atoms with Gasteiger partial charge in [-0.3, -0.25) is 0 Å². The lowest BCUT2D eigenvalue weighted by Gasteiger charge is -2.19. The average molecular weight is 321 g/mol. The first-order chi connectivity index (χ1) is 10.8. The molecule has 0 unspecified atom stereocenters.